The second-order valence-corrected chi connectivity index (χ2v) is 8.45. The van der Waals surface area contributed by atoms with E-state index in [1.54, 1.807) is 12.1 Å². The Morgan fingerprint density at radius 1 is 1.40 bits per heavy atom. The van der Waals surface area contributed by atoms with Gasteiger partial charge in [-0.25, -0.2) is 13.1 Å². The number of rotatable bonds is 6. The topological polar surface area (TPSA) is 58.2 Å². The van der Waals surface area contributed by atoms with E-state index in [-0.39, 0.29) is 11.5 Å². The van der Waals surface area contributed by atoms with Crippen LogP contribution in [0.3, 0.4) is 0 Å². The summed E-state index contributed by atoms with van der Waals surface area (Å²) in [4.78, 5) is 0.315. The van der Waals surface area contributed by atoms with Crippen LogP contribution >= 0.6 is 15.9 Å². The Balaban J connectivity index is 2.21. The van der Waals surface area contributed by atoms with Gasteiger partial charge in [-0.15, -0.1) is 0 Å². The van der Waals surface area contributed by atoms with E-state index in [4.69, 9.17) is 0 Å². The van der Waals surface area contributed by atoms with E-state index in [2.05, 4.69) is 39.8 Å². The molecule has 1 aromatic carbocycles. The van der Waals surface area contributed by atoms with E-state index in [0.717, 1.165) is 18.5 Å². The van der Waals surface area contributed by atoms with Crippen LogP contribution in [0.25, 0.3) is 0 Å². The van der Waals surface area contributed by atoms with E-state index >= 15 is 0 Å². The SMILES string of the molecule is CCNCc1ccc(Br)c(S(=O)(=O)NC2CC2(C)C)c1. The van der Waals surface area contributed by atoms with Gasteiger partial charge in [0.05, 0.1) is 4.90 Å². The minimum Gasteiger partial charge on any atom is -0.313 e. The van der Waals surface area contributed by atoms with E-state index < -0.39 is 10.0 Å². The summed E-state index contributed by atoms with van der Waals surface area (Å²) < 4.78 is 28.3. The zero-order valence-corrected chi connectivity index (χ0v) is 14.4. The zero-order valence-electron chi connectivity index (χ0n) is 12.0. The highest BCUT2D eigenvalue weighted by Gasteiger charge is 2.48. The van der Waals surface area contributed by atoms with Gasteiger partial charge in [0, 0.05) is 17.1 Å². The molecule has 0 amide bonds. The largest absolute Gasteiger partial charge is 0.313 e. The van der Waals surface area contributed by atoms with Crippen LogP contribution in [0.2, 0.25) is 0 Å². The molecule has 0 spiro atoms. The van der Waals surface area contributed by atoms with Crippen molar-refractivity contribution in [1.29, 1.82) is 0 Å². The molecule has 0 saturated heterocycles. The second-order valence-electron chi connectivity index (χ2n) is 5.91. The van der Waals surface area contributed by atoms with Gasteiger partial charge in [0.25, 0.3) is 0 Å². The van der Waals surface area contributed by atoms with Crippen molar-refractivity contribution >= 4 is 26.0 Å². The van der Waals surface area contributed by atoms with Crippen LogP contribution < -0.4 is 10.0 Å². The molecule has 1 saturated carbocycles. The maximum atomic E-state index is 12.5. The van der Waals surface area contributed by atoms with Gasteiger partial charge in [0.1, 0.15) is 0 Å². The number of halogens is 1. The van der Waals surface area contributed by atoms with Crippen molar-refractivity contribution in [2.75, 3.05) is 6.54 Å². The Kier molecular flexibility index (Phi) is 4.59. The van der Waals surface area contributed by atoms with Gasteiger partial charge < -0.3 is 5.32 Å². The molecule has 20 heavy (non-hydrogen) atoms. The number of sulfonamides is 1. The highest BCUT2D eigenvalue weighted by atomic mass is 79.9. The van der Waals surface area contributed by atoms with Crippen molar-refractivity contribution in [2.45, 2.75) is 44.7 Å². The fourth-order valence-electron chi connectivity index (χ4n) is 2.05. The molecule has 0 bridgehead atoms. The number of hydrogen-bond acceptors (Lipinski definition) is 3. The maximum absolute atomic E-state index is 12.5. The van der Waals surface area contributed by atoms with Crippen LogP contribution in [0.15, 0.2) is 27.6 Å². The molecule has 0 aliphatic heterocycles. The molecule has 0 radical (unpaired) electrons. The number of nitrogens with one attached hydrogen (secondary N) is 2. The van der Waals surface area contributed by atoms with Crippen molar-refractivity contribution in [1.82, 2.24) is 10.0 Å². The van der Waals surface area contributed by atoms with E-state index in [9.17, 15) is 8.42 Å². The summed E-state index contributed by atoms with van der Waals surface area (Å²) in [5.41, 5.74) is 1.03. The third-order valence-electron chi connectivity index (χ3n) is 3.68. The Labute approximate surface area is 129 Å². The molecule has 1 fully saturated rings. The fraction of sp³-hybridized carbons (Fsp3) is 0.571. The van der Waals surface area contributed by atoms with Crippen molar-refractivity contribution in [2.24, 2.45) is 5.41 Å². The molecule has 1 aromatic rings. The Morgan fingerprint density at radius 3 is 2.60 bits per heavy atom. The normalized spacial score (nSPS) is 20.9. The van der Waals surface area contributed by atoms with Crippen LogP contribution in [-0.4, -0.2) is 21.0 Å². The van der Waals surface area contributed by atoms with Gasteiger partial charge in [-0.1, -0.05) is 26.8 Å². The molecule has 0 aromatic heterocycles. The van der Waals surface area contributed by atoms with Gasteiger partial charge in [-0.2, -0.15) is 0 Å². The van der Waals surface area contributed by atoms with Gasteiger partial charge in [0.15, 0.2) is 0 Å². The zero-order chi connectivity index (χ0) is 15.0. The summed E-state index contributed by atoms with van der Waals surface area (Å²) in [5, 5.41) is 3.20. The highest BCUT2D eigenvalue weighted by Crippen LogP contribution is 2.45. The van der Waals surface area contributed by atoms with Crippen molar-refractivity contribution in [3.63, 3.8) is 0 Å². The maximum Gasteiger partial charge on any atom is 0.241 e. The summed E-state index contributed by atoms with van der Waals surface area (Å²) in [7, 11) is -3.47. The third-order valence-corrected chi connectivity index (χ3v) is 6.14. The monoisotopic (exact) mass is 360 g/mol. The van der Waals surface area contributed by atoms with Crippen LogP contribution in [0.1, 0.15) is 32.8 Å². The minimum absolute atomic E-state index is 0.0387. The number of hydrogen-bond donors (Lipinski definition) is 2. The van der Waals surface area contributed by atoms with Gasteiger partial charge in [-0.05, 0) is 52.0 Å². The lowest BCUT2D eigenvalue weighted by Crippen LogP contribution is -2.29. The average molecular weight is 361 g/mol. The Morgan fingerprint density at radius 2 is 2.05 bits per heavy atom. The second kappa shape index (κ2) is 5.75. The first kappa shape index (κ1) is 15.9. The van der Waals surface area contributed by atoms with Crippen LogP contribution in [-0.2, 0) is 16.6 Å². The summed E-state index contributed by atoms with van der Waals surface area (Å²) in [6, 6.07) is 5.48. The van der Waals surface area contributed by atoms with E-state index in [0.29, 0.717) is 15.9 Å². The summed E-state index contributed by atoms with van der Waals surface area (Å²) >= 11 is 3.33. The Hall–Kier alpha value is -0.430. The van der Waals surface area contributed by atoms with Crippen LogP contribution in [0, 0.1) is 5.41 Å². The van der Waals surface area contributed by atoms with E-state index in [1.807, 2.05) is 13.0 Å². The summed E-state index contributed by atoms with van der Waals surface area (Å²) in [5.74, 6) is 0. The van der Waals surface area contributed by atoms with Crippen LogP contribution in [0.4, 0.5) is 0 Å². The molecule has 1 atom stereocenters. The minimum atomic E-state index is -3.47. The summed E-state index contributed by atoms with van der Waals surface area (Å²) in [6.45, 7) is 7.68. The molecule has 2 rings (SSSR count). The summed E-state index contributed by atoms with van der Waals surface area (Å²) in [6.07, 6.45) is 0.890. The highest BCUT2D eigenvalue weighted by molar-refractivity contribution is 9.10. The average Bonchev–Trinajstić information content (AvgIpc) is 2.94. The standard InChI is InChI=1S/C14H21BrN2O2S/c1-4-16-9-10-5-6-11(15)12(7-10)20(18,19)17-13-8-14(13,2)3/h5-7,13,16-17H,4,8-9H2,1-3H3. The molecule has 0 heterocycles. The lowest BCUT2D eigenvalue weighted by molar-refractivity contribution is 0.554. The van der Waals surface area contributed by atoms with Crippen molar-refractivity contribution < 1.29 is 8.42 Å². The molecule has 2 N–H and O–H groups in total. The molecule has 1 aliphatic rings. The number of benzene rings is 1. The fourth-order valence-corrected chi connectivity index (χ4v) is 4.47. The Bertz CT molecular complexity index is 599. The first-order valence-electron chi connectivity index (χ1n) is 6.78. The van der Waals surface area contributed by atoms with Crippen molar-refractivity contribution in [3.8, 4) is 0 Å². The van der Waals surface area contributed by atoms with Gasteiger partial charge >= 0.3 is 0 Å². The van der Waals surface area contributed by atoms with Gasteiger partial charge in [-0.3, -0.25) is 0 Å². The molecule has 1 aliphatic carbocycles. The predicted molar refractivity (Wildman–Crippen MR) is 84.0 cm³/mol. The van der Waals surface area contributed by atoms with E-state index in [1.165, 1.54) is 0 Å². The molecule has 4 nitrogen and oxygen atoms in total. The van der Waals surface area contributed by atoms with Gasteiger partial charge in [0.2, 0.25) is 10.0 Å². The molecular formula is C14H21BrN2O2S. The molecule has 6 heteroatoms. The lowest BCUT2D eigenvalue weighted by Gasteiger charge is -2.11. The predicted octanol–water partition coefficient (Wildman–Crippen LogP) is 2.64. The first-order chi connectivity index (χ1) is 9.26. The van der Waals surface area contributed by atoms with Crippen molar-refractivity contribution in [3.05, 3.63) is 28.2 Å². The van der Waals surface area contributed by atoms with Crippen LogP contribution in [0.5, 0.6) is 0 Å². The molecule has 112 valence electrons. The first-order valence-corrected chi connectivity index (χ1v) is 9.05. The smallest absolute Gasteiger partial charge is 0.241 e. The third kappa shape index (κ3) is 3.61. The quantitative estimate of drug-likeness (QED) is 0.819. The molecular weight excluding hydrogens is 340 g/mol. The molecule has 1 unspecified atom stereocenters. The lowest BCUT2D eigenvalue weighted by atomic mass is 10.2.